The highest BCUT2D eigenvalue weighted by Gasteiger charge is 2.29. The first-order valence-electron chi connectivity index (χ1n) is 8.19. The molecule has 0 aliphatic rings. The minimum Gasteiger partial charge on any atom is -0.489 e. The van der Waals surface area contributed by atoms with Crippen molar-refractivity contribution in [3.05, 3.63) is 30.1 Å². The van der Waals surface area contributed by atoms with E-state index >= 15 is 0 Å². The van der Waals surface area contributed by atoms with Crippen molar-refractivity contribution >= 4 is 15.8 Å². The van der Waals surface area contributed by atoms with Gasteiger partial charge in [-0.2, -0.15) is 0 Å². The number of guanidine groups is 1. The summed E-state index contributed by atoms with van der Waals surface area (Å²) in [5.74, 6) is 0.790. The van der Waals surface area contributed by atoms with E-state index in [0.29, 0.717) is 24.8 Å². The number of rotatable bonds is 8. The number of ether oxygens (including phenoxy) is 1. The van der Waals surface area contributed by atoms with Crippen LogP contribution in [0.4, 0.5) is 4.39 Å². The Morgan fingerprint density at radius 3 is 2.40 bits per heavy atom. The van der Waals surface area contributed by atoms with Crippen molar-refractivity contribution < 1.29 is 17.5 Å². The van der Waals surface area contributed by atoms with Gasteiger partial charge >= 0.3 is 0 Å². The van der Waals surface area contributed by atoms with Crippen molar-refractivity contribution in [3.8, 4) is 5.75 Å². The molecule has 25 heavy (non-hydrogen) atoms. The number of hydrogen-bond acceptors (Lipinski definition) is 4. The summed E-state index contributed by atoms with van der Waals surface area (Å²) in [6.07, 6.45) is 1.03. The number of halogens is 1. The number of aliphatic imine (C=N–C) groups is 1. The van der Waals surface area contributed by atoms with Gasteiger partial charge in [-0.15, -0.1) is 0 Å². The van der Waals surface area contributed by atoms with Gasteiger partial charge in [0, 0.05) is 12.8 Å². The quantitative estimate of drug-likeness (QED) is 0.538. The number of sulfone groups is 1. The molecule has 142 valence electrons. The van der Waals surface area contributed by atoms with Gasteiger partial charge in [-0.25, -0.2) is 12.8 Å². The molecule has 0 aliphatic heterocycles. The van der Waals surface area contributed by atoms with Crippen molar-refractivity contribution in [2.45, 2.75) is 38.5 Å². The van der Waals surface area contributed by atoms with Gasteiger partial charge in [0.15, 0.2) is 15.8 Å². The van der Waals surface area contributed by atoms with Crippen molar-refractivity contribution in [1.82, 2.24) is 10.6 Å². The SMILES string of the molecule is CCNC(=NCC(C)(C)S(C)(=O)=O)NCC(C)Oc1ccc(F)cc1. The summed E-state index contributed by atoms with van der Waals surface area (Å²) in [5, 5.41) is 6.19. The normalized spacial score (nSPS) is 14.1. The molecule has 0 amide bonds. The lowest BCUT2D eigenvalue weighted by atomic mass is 10.2. The van der Waals surface area contributed by atoms with E-state index in [1.807, 2.05) is 13.8 Å². The minimum absolute atomic E-state index is 0.147. The maximum absolute atomic E-state index is 12.9. The third-order valence-electron chi connectivity index (χ3n) is 3.67. The van der Waals surface area contributed by atoms with Crippen LogP contribution < -0.4 is 15.4 Å². The fourth-order valence-electron chi connectivity index (χ4n) is 1.76. The summed E-state index contributed by atoms with van der Waals surface area (Å²) >= 11 is 0. The van der Waals surface area contributed by atoms with Crippen LogP contribution in [0.15, 0.2) is 29.3 Å². The standard InChI is InChI=1S/C17H28FN3O3S/c1-6-19-16(21-12-17(3,4)25(5,22)23)20-11-13(2)24-15-9-7-14(18)8-10-15/h7-10,13H,6,11-12H2,1-5H3,(H2,19,20,21). The molecule has 0 bridgehead atoms. The first-order valence-corrected chi connectivity index (χ1v) is 10.1. The Kier molecular flexibility index (Phi) is 7.66. The molecule has 1 aromatic rings. The molecule has 0 radical (unpaired) electrons. The van der Waals surface area contributed by atoms with Crippen molar-refractivity contribution in [2.75, 3.05) is 25.9 Å². The average Bonchev–Trinajstić information content (AvgIpc) is 2.51. The number of hydrogen-bond donors (Lipinski definition) is 2. The van der Waals surface area contributed by atoms with E-state index in [-0.39, 0.29) is 18.5 Å². The predicted octanol–water partition coefficient (Wildman–Crippen LogP) is 1.97. The van der Waals surface area contributed by atoms with Crippen molar-refractivity contribution in [1.29, 1.82) is 0 Å². The maximum Gasteiger partial charge on any atom is 0.191 e. The van der Waals surface area contributed by atoms with E-state index in [1.54, 1.807) is 26.0 Å². The molecular formula is C17H28FN3O3S. The highest BCUT2D eigenvalue weighted by Crippen LogP contribution is 2.15. The van der Waals surface area contributed by atoms with Crippen LogP contribution >= 0.6 is 0 Å². The molecule has 0 spiro atoms. The van der Waals surface area contributed by atoms with Gasteiger partial charge in [0.25, 0.3) is 0 Å². The van der Waals surface area contributed by atoms with Crippen LogP contribution in [0.5, 0.6) is 5.75 Å². The van der Waals surface area contributed by atoms with Crippen molar-refractivity contribution in [2.24, 2.45) is 4.99 Å². The second kappa shape index (κ2) is 9.03. The van der Waals surface area contributed by atoms with Crippen LogP contribution in [0.25, 0.3) is 0 Å². The van der Waals surface area contributed by atoms with Crippen LogP contribution in [-0.4, -0.2) is 51.1 Å². The van der Waals surface area contributed by atoms with Crippen molar-refractivity contribution in [3.63, 3.8) is 0 Å². The zero-order chi connectivity index (χ0) is 19.1. The molecule has 8 heteroatoms. The van der Waals surface area contributed by atoms with Gasteiger partial charge in [-0.3, -0.25) is 4.99 Å². The van der Waals surface area contributed by atoms with Crippen LogP contribution in [0, 0.1) is 5.82 Å². The molecule has 1 atom stereocenters. The van der Waals surface area contributed by atoms with Crippen LogP contribution in [0.2, 0.25) is 0 Å². The van der Waals surface area contributed by atoms with Gasteiger partial charge in [-0.1, -0.05) is 0 Å². The largest absolute Gasteiger partial charge is 0.489 e. The Morgan fingerprint density at radius 1 is 1.28 bits per heavy atom. The molecule has 0 aromatic heterocycles. The highest BCUT2D eigenvalue weighted by atomic mass is 32.2. The van der Waals surface area contributed by atoms with E-state index in [4.69, 9.17) is 4.74 Å². The van der Waals surface area contributed by atoms with Crippen LogP contribution in [0.3, 0.4) is 0 Å². The molecule has 1 aromatic carbocycles. The topological polar surface area (TPSA) is 79.8 Å². The molecule has 2 N–H and O–H groups in total. The van der Waals surface area contributed by atoms with Gasteiger partial charge in [0.1, 0.15) is 17.7 Å². The number of nitrogens with zero attached hydrogens (tertiary/aromatic N) is 1. The van der Waals surface area contributed by atoms with Crippen LogP contribution in [0.1, 0.15) is 27.7 Å². The van der Waals surface area contributed by atoms with Gasteiger partial charge < -0.3 is 15.4 Å². The molecular weight excluding hydrogens is 345 g/mol. The summed E-state index contributed by atoms with van der Waals surface area (Å²) in [7, 11) is -3.21. The molecule has 0 heterocycles. The number of benzene rings is 1. The lowest BCUT2D eigenvalue weighted by Gasteiger charge is -2.22. The third-order valence-corrected chi connectivity index (χ3v) is 5.81. The lowest BCUT2D eigenvalue weighted by Crippen LogP contribution is -2.43. The third kappa shape index (κ3) is 7.29. The number of nitrogens with one attached hydrogen (secondary N) is 2. The maximum atomic E-state index is 12.9. The zero-order valence-electron chi connectivity index (χ0n) is 15.5. The summed E-state index contributed by atoms with van der Waals surface area (Å²) in [5.41, 5.74) is 0. The second-order valence-electron chi connectivity index (χ2n) is 6.49. The molecule has 6 nitrogen and oxygen atoms in total. The van der Waals surface area contributed by atoms with Gasteiger partial charge in [0.2, 0.25) is 0 Å². The Hall–Kier alpha value is -1.83. The molecule has 0 fully saturated rings. The Labute approximate surface area is 149 Å². The fourth-order valence-corrected chi connectivity index (χ4v) is 2.06. The Balaban J connectivity index is 2.62. The van der Waals surface area contributed by atoms with E-state index in [9.17, 15) is 12.8 Å². The Bertz CT molecular complexity index is 673. The smallest absolute Gasteiger partial charge is 0.191 e. The van der Waals surface area contributed by atoms with E-state index < -0.39 is 14.6 Å². The Morgan fingerprint density at radius 2 is 1.88 bits per heavy atom. The molecule has 1 unspecified atom stereocenters. The fraction of sp³-hybridized carbons (Fsp3) is 0.588. The molecule has 0 saturated carbocycles. The minimum atomic E-state index is -3.21. The molecule has 0 saturated heterocycles. The highest BCUT2D eigenvalue weighted by molar-refractivity contribution is 7.92. The molecule has 1 rings (SSSR count). The van der Waals surface area contributed by atoms with E-state index in [2.05, 4.69) is 15.6 Å². The predicted molar refractivity (Wildman–Crippen MR) is 99.4 cm³/mol. The van der Waals surface area contributed by atoms with Gasteiger partial charge in [-0.05, 0) is 52.0 Å². The van der Waals surface area contributed by atoms with E-state index in [1.165, 1.54) is 18.4 Å². The monoisotopic (exact) mass is 373 g/mol. The lowest BCUT2D eigenvalue weighted by molar-refractivity contribution is 0.223. The molecule has 0 aliphatic carbocycles. The summed E-state index contributed by atoms with van der Waals surface area (Å²) in [6, 6.07) is 5.82. The average molecular weight is 373 g/mol. The summed E-state index contributed by atoms with van der Waals surface area (Å²) in [4.78, 5) is 4.35. The summed E-state index contributed by atoms with van der Waals surface area (Å²) < 4.78 is 41.2. The van der Waals surface area contributed by atoms with Crippen LogP contribution in [-0.2, 0) is 9.84 Å². The second-order valence-corrected chi connectivity index (χ2v) is 9.14. The van der Waals surface area contributed by atoms with E-state index in [0.717, 1.165) is 0 Å². The first kappa shape index (κ1) is 21.2. The van der Waals surface area contributed by atoms with Gasteiger partial charge in [0.05, 0.1) is 17.8 Å². The zero-order valence-corrected chi connectivity index (χ0v) is 16.3. The summed E-state index contributed by atoms with van der Waals surface area (Å²) in [6.45, 7) is 8.36. The first-order chi connectivity index (χ1) is 11.5.